The molecule has 0 spiro atoms. The Hall–Kier alpha value is -2.28. The molecule has 7 nitrogen and oxygen atoms in total. The molecule has 0 bridgehead atoms. The van der Waals surface area contributed by atoms with Gasteiger partial charge in [-0.1, -0.05) is 6.07 Å². The topological polar surface area (TPSA) is 71.1 Å². The highest BCUT2D eigenvalue weighted by Gasteiger charge is 2.28. The summed E-state index contributed by atoms with van der Waals surface area (Å²) in [5.41, 5.74) is 1.14. The van der Waals surface area contributed by atoms with E-state index in [4.69, 9.17) is 9.47 Å². The molecular weight excluding hydrogens is 334 g/mol. The second-order valence-corrected chi connectivity index (χ2v) is 6.95. The van der Waals surface area contributed by atoms with Crippen LogP contribution < -0.4 is 14.8 Å². The Morgan fingerprint density at radius 2 is 1.96 bits per heavy atom. The first-order valence-electron chi connectivity index (χ1n) is 9.15. The zero-order valence-corrected chi connectivity index (χ0v) is 15.5. The van der Waals surface area contributed by atoms with Crippen molar-refractivity contribution in [3.05, 3.63) is 23.8 Å². The quantitative estimate of drug-likeness (QED) is 0.853. The third-order valence-corrected chi connectivity index (χ3v) is 4.80. The van der Waals surface area contributed by atoms with Crippen molar-refractivity contribution in [2.45, 2.75) is 25.3 Å². The first kappa shape index (κ1) is 18.5. The van der Waals surface area contributed by atoms with Crippen LogP contribution in [0.3, 0.4) is 0 Å². The van der Waals surface area contributed by atoms with Crippen molar-refractivity contribution >= 4 is 11.8 Å². The number of likely N-dealkylation sites (tertiary alicyclic amines) is 1. The summed E-state index contributed by atoms with van der Waals surface area (Å²) in [5.74, 6) is 1.34. The van der Waals surface area contributed by atoms with Gasteiger partial charge < -0.3 is 19.7 Å². The van der Waals surface area contributed by atoms with Crippen LogP contribution in [-0.2, 0) is 9.59 Å². The smallest absolute Gasteiger partial charge is 0.241 e. The highest BCUT2D eigenvalue weighted by atomic mass is 16.5. The van der Waals surface area contributed by atoms with E-state index < -0.39 is 0 Å². The Bertz CT molecular complexity index is 662. The lowest BCUT2D eigenvalue weighted by Crippen LogP contribution is -2.41. The molecule has 0 radical (unpaired) electrons. The van der Waals surface area contributed by atoms with E-state index in [0.29, 0.717) is 19.8 Å². The molecule has 0 saturated carbocycles. The normalized spacial score (nSPS) is 19.7. The lowest BCUT2D eigenvalue weighted by Gasteiger charge is -2.25. The SMILES string of the molecule is CN(C)C(=O)CNC(=O)CN1CCC[C@H]1c1ccc2c(c1)OCCCO2. The van der Waals surface area contributed by atoms with E-state index in [1.54, 1.807) is 14.1 Å². The van der Waals surface area contributed by atoms with Crippen LogP contribution in [0.25, 0.3) is 0 Å². The maximum Gasteiger partial charge on any atom is 0.241 e. The van der Waals surface area contributed by atoms with Crippen molar-refractivity contribution < 1.29 is 19.1 Å². The van der Waals surface area contributed by atoms with Gasteiger partial charge in [-0.2, -0.15) is 0 Å². The molecule has 1 atom stereocenters. The molecule has 2 heterocycles. The summed E-state index contributed by atoms with van der Waals surface area (Å²) >= 11 is 0. The lowest BCUT2D eigenvalue weighted by atomic mass is 10.0. The van der Waals surface area contributed by atoms with E-state index in [0.717, 1.165) is 42.9 Å². The number of ether oxygens (including phenoxy) is 2. The maximum atomic E-state index is 12.2. The zero-order valence-electron chi connectivity index (χ0n) is 15.5. The van der Waals surface area contributed by atoms with Crippen LogP contribution in [-0.4, -0.2) is 68.6 Å². The Kier molecular flexibility index (Phi) is 5.98. The number of carbonyl (C=O) groups excluding carboxylic acids is 2. The molecule has 1 saturated heterocycles. The molecule has 1 N–H and O–H groups in total. The van der Waals surface area contributed by atoms with Crippen molar-refractivity contribution in [1.29, 1.82) is 0 Å². The van der Waals surface area contributed by atoms with Gasteiger partial charge in [0.25, 0.3) is 0 Å². The molecule has 3 rings (SSSR count). The molecule has 1 aromatic rings. The van der Waals surface area contributed by atoms with Crippen LogP contribution in [0.15, 0.2) is 18.2 Å². The molecule has 1 fully saturated rings. The third-order valence-electron chi connectivity index (χ3n) is 4.80. The van der Waals surface area contributed by atoms with Crippen LogP contribution in [0.2, 0.25) is 0 Å². The first-order chi connectivity index (χ1) is 12.5. The number of nitrogens with zero attached hydrogens (tertiary/aromatic N) is 2. The number of fused-ring (bicyclic) bond motifs is 1. The lowest BCUT2D eigenvalue weighted by molar-refractivity contribution is -0.131. The van der Waals surface area contributed by atoms with Crippen molar-refractivity contribution in [3.8, 4) is 11.5 Å². The van der Waals surface area contributed by atoms with Gasteiger partial charge in [0.1, 0.15) is 0 Å². The molecule has 0 aliphatic carbocycles. The Morgan fingerprint density at radius 3 is 2.73 bits per heavy atom. The standard InChI is InChI=1S/C19H27N3O4/c1-21(2)19(24)12-20-18(23)13-22-8-3-5-15(22)14-6-7-16-17(11-14)26-10-4-9-25-16/h6-7,11,15H,3-5,8-10,12-13H2,1-2H3,(H,20,23)/t15-/m0/s1. The highest BCUT2D eigenvalue weighted by Crippen LogP contribution is 2.37. The van der Waals surface area contributed by atoms with Gasteiger partial charge in [0, 0.05) is 26.6 Å². The molecule has 2 amide bonds. The highest BCUT2D eigenvalue weighted by molar-refractivity contribution is 5.85. The van der Waals surface area contributed by atoms with E-state index in [2.05, 4.69) is 16.3 Å². The average Bonchev–Trinajstić information content (AvgIpc) is 2.95. The van der Waals surface area contributed by atoms with Crippen molar-refractivity contribution in [2.24, 2.45) is 0 Å². The van der Waals surface area contributed by atoms with Gasteiger partial charge in [-0.15, -0.1) is 0 Å². The van der Waals surface area contributed by atoms with Gasteiger partial charge in [0.15, 0.2) is 11.5 Å². The minimum Gasteiger partial charge on any atom is -0.490 e. The van der Waals surface area contributed by atoms with Gasteiger partial charge in [-0.25, -0.2) is 0 Å². The number of benzene rings is 1. The molecule has 1 aromatic carbocycles. The number of nitrogens with one attached hydrogen (secondary N) is 1. The zero-order chi connectivity index (χ0) is 18.5. The Balaban J connectivity index is 1.62. The molecule has 2 aliphatic rings. The van der Waals surface area contributed by atoms with E-state index in [9.17, 15) is 9.59 Å². The van der Waals surface area contributed by atoms with Gasteiger partial charge in [0.2, 0.25) is 11.8 Å². The minimum atomic E-state index is -0.124. The van der Waals surface area contributed by atoms with Gasteiger partial charge >= 0.3 is 0 Å². The van der Waals surface area contributed by atoms with Crippen LogP contribution in [0.4, 0.5) is 0 Å². The van der Waals surface area contributed by atoms with Crippen LogP contribution in [0.5, 0.6) is 11.5 Å². The number of carbonyl (C=O) groups is 2. The fraction of sp³-hybridized carbons (Fsp3) is 0.579. The summed E-state index contributed by atoms with van der Waals surface area (Å²) in [6.45, 7) is 2.53. The Morgan fingerprint density at radius 1 is 1.19 bits per heavy atom. The molecular formula is C19H27N3O4. The summed E-state index contributed by atoms with van der Waals surface area (Å²) in [7, 11) is 3.35. The van der Waals surface area contributed by atoms with Crippen LogP contribution in [0.1, 0.15) is 30.9 Å². The van der Waals surface area contributed by atoms with Crippen molar-refractivity contribution in [3.63, 3.8) is 0 Å². The summed E-state index contributed by atoms with van der Waals surface area (Å²) in [6, 6.07) is 6.24. The number of rotatable bonds is 5. The summed E-state index contributed by atoms with van der Waals surface area (Å²) in [6.07, 6.45) is 2.93. The predicted molar refractivity (Wildman–Crippen MR) is 97.3 cm³/mol. The monoisotopic (exact) mass is 361 g/mol. The fourth-order valence-electron chi connectivity index (χ4n) is 3.35. The van der Waals surface area contributed by atoms with Crippen LogP contribution in [0, 0.1) is 0 Å². The molecule has 26 heavy (non-hydrogen) atoms. The second kappa shape index (κ2) is 8.40. The van der Waals surface area contributed by atoms with Gasteiger partial charge in [-0.05, 0) is 37.1 Å². The molecule has 7 heteroatoms. The van der Waals surface area contributed by atoms with Crippen LogP contribution >= 0.6 is 0 Å². The minimum absolute atomic E-state index is 0.0361. The number of likely N-dealkylation sites (N-methyl/N-ethyl adjacent to an activating group) is 1. The Labute approximate surface area is 154 Å². The van der Waals surface area contributed by atoms with E-state index >= 15 is 0 Å². The number of amides is 2. The van der Waals surface area contributed by atoms with E-state index in [1.165, 1.54) is 4.90 Å². The molecule has 2 aliphatic heterocycles. The van der Waals surface area contributed by atoms with Crippen molar-refractivity contribution in [2.75, 3.05) is 46.9 Å². The maximum absolute atomic E-state index is 12.2. The third kappa shape index (κ3) is 4.46. The second-order valence-electron chi connectivity index (χ2n) is 6.95. The molecule has 0 unspecified atom stereocenters. The fourth-order valence-corrected chi connectivity index (χ4v) is 3.35. The largest absolute Gasteiger partial charge is 0.490 e. The number of hydrogen-bond acceptors (Lipinski definition) is 5. The van der Waals surface area contributed by atoms with Crippen molar-refractivity contribution in [1.82, 2.24) is 15.1 Å². The molecule has 0 aromatic heterocycles. The summed E-state index contributed by atoms with van der Waals surface area (Å²) in [4.78, 5) is 27.4. The number of hydrogen-bond donors (Lipinski definition) is 1. The summed E-state index contributed by atoms with van der Waals surface area (Å²) < 4.78 is 11.5. The van der Waals surface area contributed by atoms with Gasteiger partial charge in [0.05, 0.1) is 26.3 Å². The van der Waals surface area contributed by atoms with Gasteiger partial charge in [-0.3, -0.25) is 14.5 Å². The first-order valence-corrected chi connectivity index (χ1v) is 9.15. The summed E-state index contributed by atoms with van der Waals surface area (Å²) in [5, 5.41) is 2.70. The predicted octanol–water partition coefficient (Wildman–Crippen LogP) is 1.19. The molecule has 142 valence electrons. The van der Waals surface area contributed by atoms with E-state index in [-0.39, 0.29) is 24.4 Å². The average molecular weight is 361 g/mol. The van der Waals surface area contributed by atoms with E-state index in [1.807, 2.05) is 12.1 Å².